The van der Waals surface area contributed by atoms with Gasteiger partial charge in [0, 0.05) is 52.5 Å². The van der Waals surface area contributed by atoms with Gasteiger partial charge in [0.25, 0.3) is 0 Å². The van der Waals surface area contributed by atoms with Crippen LogP contribution in [0, 0.1) is 0 Å². The van der Waals surface area contributed by atoms with E-state index in [1.165, 1.54) is 17.7 Å². The fraction of sp³-hybridized carbons (Fsp3) is 0.211. The first-order chi connectivity index (χ1) is 13.7. The van der Waals surface area contributed by atoms with Gasteiger partial charge in [-0.3, -0.25) is 9.97 Å². The third-order valence-corrected chi connectivity index (χ3v) is 8.20. The number of nitrogen functional groups attached to an aromatic ring is 1. The second kappa shape index (κ2) is 7.08. The predicted molar refractivity (Wildman–Crippen MR) is 110 cm³/mol. The van der Waals surface area contributed by atoms with Gasteiger partial charge in [0.05, 0.1) is 17.6 Å². The number of nitrogens with zero attached hydrogens (tertiary/aromatic N) is 5. The van der Waals surface area contributed by atoms with Crippen molar-refractivity contribution in [2.45, 2.75) is 28.7 Å². The zero-order valence-corrected chi connectivity index (χ0v) is 16.4. The molecule has 0 amide bonds. The minimum Gasteiger partial charge on any atom is -0.611 e. The lowest BCUT2D eigenvalue weighted by Crippen LogP contribution is -2.28. The second-order valence-corrected chi connectivity index (χ2v) is 9.53. The van der Waals surface area contributed by atoms with Crippen molar-refractivity contribution < 1.29 is 4.55 Å². The van der Waals surface area contributed by atoms with Crippen molar-refractivity contribution in [1.29, 1.82) is 0 Å². The fourth-order valence-corrected chi connectivity index (χ4v) is 6.42. The molecule has 4 aromatic heterocycles. The molecule has 4 heterocycles. The summed E-state index contributed by atoms with van der Waals surface area (Å²) in [6.45, 7) is 0. The second-order valence-electron chi connectivity index (χ2n) is 6.61. The molecule has 2 N–H and O–H groups in total. The number of hydrogen-bond donors (Lipinski definition) is 1. The van der Waals surface area contributed by atoms with Gasteiger partial charge in [0.1, 0.15) is 22.1 Å². The molecular weight excluding hydrogens is 392 g/mol. The first kappa shape index (κ1) is 17.5. The van der Waals surface area contributed by atoms with Crippen molar-refractivity contribution in [1.82, 2.24) is 24.9 Å². The Kier molecular flexibility index (Phi) is 4.42. The highest BCUT2D eigenvalue weighted by Gasteiger charge is 2.35. The lowest BCUT2D eigenvalue weighted by molar-refractivity contribution is 0.478. The molecule has 7 nitrogen and oxygen atoms in total. The summed E-state index contributed by atoms with van der Waals surface area (Å²) in [5, 5.41) is 0.978. The largest absolute Gasteiger partial charge is 0.611 e. The third-order valence-electron chi connectivity index (χ3n) is 4.90. The van der Waals surface area contributed by atoms with Crippen LogP contribution in [0.3, 0.4) is 0 Å². The van der Waals surface area contributed by atoms with Crippen LogP contribution >= 0.6 is 11.3 Å². The van der Waals surface area contributed by atoms with E-state index in [1.807, 2.05) is 6.07 Å². The van der Waals surface area contributed by atoms with Gasteiger partial charge >= 0.3 is 0 Å². The summed E-state index contributed by atoms with van der Waals surface area (Å²) in [7, 11) is 0. The summed E-state index contributed by atoms with van der Waals surface area (Å²) in [4.78, 5) is 22.3. The van der Waals surface area contributed by atoms with Gasteiger partial charge in [-0.15, -0.1) is 0 Å². The Morgan fingerprint density at radius 1 is 1.07 bits per heavy atom. The first-order valence-electron chi connectivity index (χ1n) is 8.87. The lowest BCUT2D eigenvalue weighted by atomic mass is 10.0. The van der Waals surface area contributed by atoms with Crippen molar-refractivity contribution >= 4 is 38.4 Å². The van der Waals surface area contributed by atoms with Gasteiger partial charge in [0.2, 0.25) is 4.21 Å². The molecule has 5 rings (SSSR count). The van der Waals surface area contributed by atoms with E-state index in [-0.39, 0.29) is 5.25 Å². The highest BCUT2D eigenvalue weighted by molar-refractivity contribution is 7.94. The Morgan fingerprint density at radius 3 is 2.57 bits per heavy atom. The van der Waals surface area contributed by atoms with E-state index < -0.39 is 11.2 Å². The maximum absolute atomic E-state index is 13.0. The predicted octanol–water partition coefficient (Wildman–Crippen LogP) is 3.45. The number of rotatable bonds is 4. The number of pyridine rings is 1. The van der Waals surface area contributed by atoms with Gasteiger partial charge in [-0.25, -0.2) is 15.0 Å². The van der Waals surface area contributed by atoms with Crippen LogP contribution in [-0.2, 0) is 11.2 Å². The molecule has 0 aliphatic heterocycles. The normalized spacial score (nSPS) is 15.5. The van der Waals surface area contributed by atoms with E-state index in [1.54, 1.807) is 31.0 Å². The maximum atomic E-state index is 13.0. The molecule has 1 fully saturated rings. The van der Waals surface area contributed by atoms with E-state index in [2.05, 4.69) is 19.9 Å². The van der Waals surface area contributed by atoms with Crippen LogP contribution in [0.25, 0.3) is 32.7 Å². The quantitative estimate of drug-likeness (QED) is 0.514. The molecule has 1 aliphatic carbocycles. The van der Waals surface area contributed by atoms with Gasteiger partial charge in [-0.2, -0.15) is 0 Å². The molecule has 140 valence electrons. The average Bonchev–Trinajstić information content (AvgIpc) is 3.04. The number of fused-ring (bicyclic) bond motifs is 1. The van der Waals surface area contributed by atoms with Crippen LogP contribution in [0.15, 0.2) is 47.6 Å². The van der Waals surface area contributed by atoms with Crippen LogP contribution in [0.4, 0.5) is 5.69 Å². The third kappa shape index (κ3) is 2.92. The molecule has 0 bridgehead atoms. The Hall–Kier alpha value is -2.62. The van der Waals surface area contributed by atoms with E-state index in [4.69, 9.17) is 10.7 Å². The summed E-state index contributed by atoms with van der Waals surface area (Å²) < 4.78 is 13.7. The lowest BCUT2D eigenvalue weighted by Gasteiger charge is -2.27. The van der Waals surface area contributed by atoms with Crippen molar-refractivity contribution in [3.63, 3.8) is 0 Å². The maximum Gasteiger partial charge on any atom is 0.232 e. The smallest absolute Gasteiger partial charge is 0.232 e. The van der Waals surface area contributed by atoms with Gasteiger partial charge in [-0.1, -0.05) is 11.3 Å². The molecule has 1 saturated carbocycles. The number of hydrogen-bond acceptors (Lipinski definition) is 8. The Bertz CT molecular complexity index is 1130. The van der Waals surface area contributed by atoms with Crippen molar-refractivity contribution in [2.75, 3.05) is 5.73 Å². The zero-order valence-electron chi connectivity index (χ0n) is 14.8. The fourth-order valence-electron chi connectivity index (χ4n) is 3.21. The molecule has 1 atom stereocenters. The van der Waals surface area contributed by atoms with Crippen LogP contribution < -0.4 is 5.73 Å². The van der Waals surface area contributed by atoms with Gasteiger partial charge in [-0.05, 0) is 25.3 Å². The Morgan fingerprint density at radius 2 is 1.89 bits per heavy atom. The SMILES string of the molecule is Nc1c([S+]([O-])C2CCC2)sc2nc(-c3cncnc3)cc(-c3cnccn3)c12. The van der Waals surface area contributed by atoms with E-state index >= 15 is 0 Å². The molecule has 0 aromatic carbocycles. The molecule has 0 radical (unpaired) electrons. The summed E-state index contributed by atoms with van der Waals surface area (Å²) in [5.74, 6) is 0. The Balaban J connectivity index is 1.75. The molecule has 0 saturated heterocycles. The van der Waals surface area contributed by atoms with Crippen LogP contribution in [0.1, 0.15) is 19.3 Å². The topological polar surface area (TPSA) is 114 Å². The van der Waals surface area contributed by atoms with Gasteiger partial charge < -0.3 is 10.3 Å². The number of nitrogens with two attached hydrogens (primary N) is 1. The first-order valence-corrected chi connectivity index (χ1v) is 10.9. The molecule has 1 aliphatic rings. The molecular formula is C19H16N6OS2. The summed E-state index contributed by atoms with van der Waals surface area (Å²) in [6, 6.07) is 1.92. The standard InChI is InChI=1S/C19H16N6OS2/c20-17-16-13(15-9-21-4-5-24-15)6-14(11-7-22-10-23-8-11)25-18(16)27-19(17)28(26)12-2-1-3-12/h4-10,12H,1-3,20H2. The van der Waals surface area contributed by atoms with Crippen molar-refractivity contribution in [3.05, 3.63) is 43.4 Å². The molecule has 4 aromatic rings. The summed E-state index contributed by atoms with van der Waals surface area (Å²) >= 11 is 0.293. The number of anilines is 1. The summed E-state index contributed by atoms with van der Waals surface area (Å²) in [5.41, 5.74) is 10.1. The monoisotopic (exact) mass is 408 g/mol. The van der Waals surface area contributed by atoms with Crippen LogP contribution in [0.2, 0.25) is 0 Å². The highest BCUT2D eigenvalue weighted by atomic mass is 32.2. The van der Waals surface area contributed by atoms with Crippen molar-refractivity contribution in [2.24, 2.45) is 0 Å². The number of thiophene rings is 1. The minimum absolute atomic E-state index is 0.192. The van der Waals surface area contributed by atoms with Crippen LogP contribution in [-0.4, -0.2) is 34.7 Å². The number of aromatic nitrogens is 5. The van der Waals surface area contributed by atoms with Crippen molar-refractivity contribution in [3.8, 4) is 22.5 Å². The minimum atomic E-state index is -1.11. The molecule has 0 spiro atoms. The van der Waals surface area contributed by atoms with E-state index in [0.29, 0.717) is 15.6 Å². The average molecular weight is 409 g/mol. The van der Waals surface area contributed by atoms with E-state index in [0.717, 1.165) is 46.3 Å². The summed E-state index contributed by atoms with van der Waals surface area (Å²) in [6.07, 6.45) is 13.0. The molecule has 9 heteroatoms. The Labute approximate surface area is 168 Å². The van der Waals surface area contributed by atoms with E-state index in [9.17, 15) is 4.55 Å². The van der Waals surface area contributed by atoms with Crippen LogP contribution in [0.5, 0.6) is 0 Å². The van der Waals surface area contributed by atoms with Gasteiger partial charge in [0.15, 0.2) is 0 Å². The highest BCUT2D eigenvalue weighted by Crippen LogP contribution is 2.45. The molecule has 28 heavy (non-hydrogen) atoms. The zero-order chi connectivity index (χ0) is 19.1. The molecule has 1 unspecified atom stereocenters.